The van der Waals surface area contributed by atoms with Crippen LogP contribution in [0.4, 0.5) is 0 Å². The molecule has 0 spiro atoms. The van der Waals surface area contributed by atoms with Crippen LogP contribution in [0.15, 0.2) is 0 Å². The van der Waals surface area contributed by atoms with Crippen LogP contribution in [0.1, 0.15) is 25.7 Å². The van der Waals surface area contributed by atoms with Crippen LogP contribution in [-0.4, -0.2) is 51.6 Å². The summed E-state index contributed by atoms with van der Waals surface area (Å²) in [5.74, 6) is -4.53. The Morgan fingerprint density at radius 3 is 2.11 bits per heavy atom. The van der Waals surface area contributed by atoms with Gasteiger partial charge in [0, 0.05) is 13.1 Å². The van der Waals surface area contributed by atoms with Gasteiger partial charge in [-0.3, -0.25) is 14.4 Å². The summed E-state index contributed by atoms with van der Waals surface area (Å²) >= 11 is 0. The third-order valence-electron chi connectivity index (χ3n) is 4.21. The van der Waals surface area contributed by atoms with E-state index in [1.807, 2.05) is 0 Å². The molecule has 2 atom stereocenters. The first-order chi connectivity index (χ1) is 8.85. The second-order valence-electron chi connectivity index (χ2n) is 5.44. The SMILES string of the molecule is NC1(C(=O)N2CCC(C(=O)O)C(C(=O)O)C2)CCC1. The van der Waals surface area contributed by atoms with Crippen LogP contribution in [0.25, 0.3) is 0 Å². The van der Waals surface area contributed by atoms with Crippen molar-refractivity contribution in [2.75, 3.05) is 13.1 Å². The van der Waals surface area contributed by atoms with Gasteiger partial charge in [0.15, 0.2) is 0 Å². The fourth-order valence-electron chi connectivity index (χ4n) is 2.77. The molecule has 0 aromatic heterocycles. The van der Waals surface area contributed by atoms with E-state index in [2.05, 4.69) is 0 Å². The van der Waals surface area contributed by atoms with E-state index in [-0.39, 0.29) is 25.4 Å². The van der Waals surface area contributed by atoms with Gasteiger partial charge < -0.3 is 20.8 Å². The molecule has 7 heteroatoms. The number of carbonyl (C=O) groups is 3. The molecule has 1 aliphatic carbocycles. The van der Waals surface area contributed by atoms with E-state index in [1.54, 1.807) is 0 Å². The van der Waals surface area contributed by atoms with E-state index < -0.39 is 29.3 Å². The van der Waals surface area contributed by atoms with Gasteiger partial charge in [0.25, 0.3) is 0 Å². The van der Waals surface area contributed by atoms with E-state index in [1.165, 1.54) is 4.90 Å². The highest BCUT2D eigenvalue weighted by Gasteiger charge is 2.46. The van der Waals surface area contributed by atoms with E-state index in [9.17, 15) is 14.4 Å². The number of carboxylic acids is 2. The monoisotopic (exact) mass is 270 g/mol. The predicted molar refractivity (Wildman–Crippen MR) is 64.2 cm³/mol. The van der Waals surface area contributed by atoms with Crippen LogP contribution < -0.4 is 5.73 Å². The largest absolute Gasteiger partial charge is 0.481 e. The van der Waals surface area contributed by atoms with Crippen molar-refractivity contribution in [3.8, 4) is 0 Å². The van der Waals surface area contributed by atoms with Crippen molar-refractivity contribution in [2.24, 2.45) is 17.6 Å². The molecule has 2 aliphatic rings. The topological polar surface area (TPSA) is 121 Å². The molecular weight excluding hydrogens is 252 g/mol. The van der Waals surface area contributed by atoms with Gasteiger partial charge in [-0.1, -0.05) is 0 Å². The molecule has 0 aromatic carbocycles. The third-order valence-corrected chi connectivity index (χ3v) is 4.21. The molecule has 4 N–H and O–H groups in total. The lowest BCUT2D eigenvalue weighted by Gasteiger charge is -2.43. The van der Waals surface area contributed by atoms with Crippen LogP contribution in [0.2, 0.25) is 0 Å². The number of amides is 1. The van der Waals surface area contributed by atoms with Crippen molar-refractivity contribution in [3.05, 3.63) is 0 Å². The highest BCUT2D eigenvalue weighted by molar-refractivity contribution is 5.88. The van der Waals surface area contributed by atoms with E-state index in [4.69, 9.17) is 15.9 Å². The predicted octanol–water partition coefficient (Wildman–Crippen LogP) is -0.498. The molecule has 1 aliphatic heterocycles. The minimum absolute atomic E-state index is 0.0654. The van der Waals surface area contributed by atoms with Crippen molar-refractivity contribution >= 4 is 17.8 Å². The van der Waals surface area contributed by atoms with Gasteiger partial charge in [0.05, 0.1) is 17.4 Å². The zero-order valence-electron chi connectivity index (χ0n) is 10.5. The Morgan fingerprint density at radius 1 is 1.11 bits per heavy atom. The summed E-state index contributed by atoms with van der Waals surface area (Å²) < 4.78 is 0. The summed E-state index contributed by atoms with van der Waals surface area (Å²) in [6, 6.07) is 0. The van der Waals surface area contributed by atoms with Crippen molar-refractivity contribution in [1.82, 2.24) is 4.90 Å². The number of aliphatic carboxylic acids is 2. The molecule has 1 amide bonds. The van der Waals surface area contributed by atoms with Crippen molar-refractivity contribution in [1.29, 1.82) is 0 Å². The first kappa shape index (κ1) is 13.8. The maximum atomic E-state index is 12.2. The molecule has 1 saturated carbocycles. The number of nitrogens with zero attached hydrogens (tertiary/aromatic N) is 1. The summed E-state index contributed by atoms with van der Waals surface area (Å²) in [4.78, 5) is 35.8. The first-order valence-electron chi connectivity index (χ1n) is 6.39. The zero-order valence-corrected chi connectivity index (χ0v) is 10.5. The fourth-order valence-corrected chi connectivity index (χ4v) is 2.77. The molecule has 2 fully saturated rings. The van der Waals surface area contributed by atoms with E-state index in [0.29, 0.717) is 12.8 Å². The second kappa shape index (κ2) is 4.80. The molecule has 2 rings (SSSR count). The lowest BCUT2D eigenvalue weighted by Crippen LogP contribution is -2.62. The van der Waals surface area contributed by atoms with Gasteiger partial charge in [-0.25, -0.2) is 0 Å². The average molecular weight is 270 g/mol. The molecule has 7 nitrogen and oxygen atoms in total. The smallest absolute Gasteiger partial charge is 0.309 e. The van der Waals surface area contributed by atoms with Gasteiger partial charge in [-0.15, -0.1) is 0 Å². The molecule has 19 heavy (non-hydrogen) atoms. The highest BCUT2D eigenvalue weighted by Crippen LogP contribution is 2.33. The molecular formula is C12H18N2O5. The number of carbonyl (C=O) groups excluding carboxylic acids is 1. The van der Waals surface area contributed by atoms with E-state index >= 15 is 0 Å². The summed E-state index contributed by atoms with van der Waals surface area (Å²) in [5.41, 5.74) is 5.08. The van der Waals surface area contributed by atoms with Gasteiger partial charge in [-0.2, -0.15) is 0 Å². The maximum absolute atomic E-state index is 12.2. The van der Waals surface area contributed by atoms with Crippen LogP contribution in [-0.2, 0) is 14.4 Å². The Morgan fingerprint density at radius 2 is 1.68 bits per heavy atom. The van der Waals surface area contributed by atoms with Crippen molar-refractivity contribution in [3.63, 3.8) is 0 Å². The van der Waals surface area contributed by atoms with Crippen LogP contribution in [0.5, 0.6) is 0 Å². The lowest BCUT2D eigenvalue weighted by molar-refractivity contribution is -0.160. The molecule has 1 saturated heterocycles. The standard InChI is InChI=1S/C12H18N2O5/c13-12(3-1-4-12)11(19)14-5-2-7(9(15)16)8(6-14)10(17)18/h7-8H,1-6,13H2,(H,15,16)(H,17,18). The van der Waals surface area contributed by atoms with Crippen molar-refractivity contribution in [2.45, 2.75) is 31.2 Å². The van der Waals surface area contributed by atoms with Gasteiger partial charge in [0.1, 0.15) is 0 Å². The summed E-state index contributed by atoms with van der Waals surface area (Å²) in [6.07, 6.45) is 2.29. The minimum atomic E-state index is -1.18. The number of carboxylic acid groups (broad SMARTS) is 2. The fraction of sp³-hybridized carbons (Fsp3) is 0.750. The third kappa shape index (κ3) is 2.42. The zero-order chi connectivity index (χ0) is 14.2. The normalized spacial score (nSPS) is 29.4. The molecule has 1 heterocycles. The molecule has 2 unspecified atom stereocenters. The Kier molecular flexibility index (Phi) is 3.49. The van der Waals surface area contributed by atoms with Crippen molar-refractivity contribution < 1.29 is 24.6 Å². The number of likely N-dealkylation sites (tertiary alicyclic amines) is 1. The molecule has 0 aromatic rings. The van der Waals surface area contributed by atoms with Crippen LogP contribution in [0, 0.1) is 11.8 Å². The van der Waals surface area contributed by atoms with Gasteiger partial charge >= 0.3 is 11.9 Å². The number of hydrogen-bond acceptors (Lipinski definition) is 4. The molecule has 106 valence electrons. The Labute approximate surface area is 110 Å². The maximum Gasteiger partial charge on any atom is 0.309 e. The van der Waals surface area contributed by atoms with E-state index in [0.717, 1.165) is 6.42 Å². The molecule has 0 bridgehead atoms. The van der Waals surface area contributed by atoms with Gasteiger partial charge in [-0.05, 0) is 25.7 Å². The average Bonchev–Trinajstić information content (AvgIpc) is 2.34. The van der Waals surface area contributed by atoms with Crippen LogP contribution in [0.3, 0.4) is 0 Å². The Balaban J connectivity index is 2.08. The summed E-state index contributed by atoms with van der Waals surface area (Å²) in [5, 5.41) is 18.1. The second-order valence-corrected chi connectivity index (χ2v) is 5.44. The molecule has 0 radical (unpaired) electrons. The minimum Gasteiger partial charge on any atom is -0.481 e. The first-order valence-corrected chi connectivity index (χ1v) is 6.39. The number of hydrogen-bond donors (Lipinski definition) is 3. The quantitative estimate of drug-likeness (QED) is 0.635. The van der Waals surface area contributed by atoms with Crippen LogP contribution >= 0.6 is 0 Å². The number of nitrogens with two attached hydrogens (primary N) is 1. The number of piperidine rings is 1. The van der Waals surface area contributed by atoms with Gasteiger partial charge in [0.2, 0.25) is 5.91 Å². The summed E-state index contributed by atoms with van der Waals surface area (Å²) in [6.45, 7) is 0.197. The number of rotatable bonds is 3. The lowest BCUT2D eigenvalue weighted by atomic mass is 9.75. The summed E-state index contributed by atoms with van der Waals surface area (Å²) in [7, 11) is 0. The highest BCUT2D eigenvalue weighted by atomic mass is 16.4. The Hall–Kier alpha value is -1.63. The Bertz CT molecular complexity index is 418.